The molecule has 6 heteroatoms. The number of nitrogens with zero attached hydrogens (tertiary/aromatic N) is 3. The first-order valence-electron chi connectivity index (χ1n) is 6.62. The summed E-state index contributed by atoms with van der Waals surface area (Å²) in [6, 6.07) is 8.10. The summed E-state index contributed by atoms with van der Waals surface area (Å²) in [5, 5.41) is 6.79. The van der Waals surface area contributed by atoms with Gasteiger partial charge in [0.15, 0.2) is 11.8 Å². The fourth-order valence-corrected chi connectivity index (χ4v) is 1.77. The Morgan fingerprint density at radius 3 is 3.00 bits per heavy atom. The Kier molecular flexibility index (Phi) is 4.70. The van der Waals surface area contributed by atoms with E-state index in [-0.39, 0.29) is 0 Å². The fourth-order valence-electron chi connectivity index (χ4n) is 1.77. The fraction of sp³-hybridized carbons (Fsp3) is 0.357. The molecule has 1 heterocycles. The number of anilines is 1. The third kappa shape index (κ3) is 4.08. The molecular weight excluding hydrogens is 254 g/mol. The summed E-state index contributed by atoms with van der Waals surface area (Å²) < 4.78 is 5.00. The minimum atomic E-state index is 0.384. The summed E-state index contributed by atoms with van der Waals surface area (Å²) in [6.45, 7) is 4.41. The minimum absolute atomic E-state index is 0.384. The Labute approximate surface area is 118 Å². The van der Waals surface area contributed by atoms with E-state index in [0.717, 1.165) is 12.1 Å². The lowest BCUT2D eigenvalue weighted by Gasteiger charge is -2.06. The van der Waals surface area contributed by atoms with Gasteiger partial charge in [-0.15, -0.1) is 0 Å². The lowest BCUT2D eigenvalue weighted by molar-refractivity contribution is 0.376. The number of aromatic nitrogens is 2. The molecule has 106 valence electrons. The lowest BCUT2D eigenvalue weighted by atomic mass is 10.1. The number of nitrogens with one attached hydrogen (secondary N) is 1. The van der Waals surface area contributed by atoms with Crippen molar-refractivity contribution in [1.29, 1.82) is 0 Å². The van der Waals surface area contributed by atoms with E-state index in [1.54, 1.807) is 6.92 Å². The predicted octanol–water partition coefficient (Wildman–Crippen LogP) is 1.91. The van der Waals surface area contributed by atoms with Crippen molar-refractivity contribution in [2.75, 3.05) is 11.9 Å². The van der Waals surface area contributed by atoms with Gasteiger partial charge < -0.3 is 15.6 Å². The quantitative estimate of drug-likeness (QED) is 0.641. The molecule has 1 aromatic heterocycles. The van der Waals surface area contributed by atoms with Crippen LogP contribution in [0.1, 0.15) is 24.2 Å². The third-order valence-corrected chi connectivity index (χ3v) is 2.79. The normalized spacial score (nSPS) is 11.6. The standard InChI is InChI=1S/C14H19N5O/c1-3-11-5-4-6-12(9-11)18-14(15)16-8-7-13-17-10(2)19-20-13/h4-6,9H,3,7-8H2,1-2H3,(H3,15,16,18). The molecule has 0 bridgehead atoms. The molecule has 0 saturated carbocycles. The maximum Gasteiger partial charge on any atom is 0.228 e. The van der Waals surface area contributed by atoms with E-state index in [2.05, 4.69) is 39.5 Å². The molecule has 20 heavy (non-hydrogen) atoms. The second kappa shape index (κ2) is 6.70. The summed E-state index contributed by atoms with van der Waals surface area (Å²) in [7, 11) is 0. The molecule has 3 N–H and O–H groups in total. The first-order chi connectivity index (χ1) is 9.67. The van der Waals surface area contributed by atoms with Crippen molar-refractivity contribution in [3.05, 3.63) is 41.5 Å². The molecule has 2 rings (SSSR count). The Bertz CT molecular complexity index is 591. The minimum Gasteiger partial charge on any atom is -0.370 e. The zero-order valence-electron chi connectivity index (χ0n) is 11.8. The molecule has 0 unspecified atom stereocenters. The van der Waals surface area contributed by atoms with Gasteiger partial charge in [-0.05, 0) is 31.0 Å². The van der Waals surface area contributed by atoms with Gasteiger partial charge in [0.2, 0.25) is 5.89 Å². The molecule has 0 spiro atoms. The molecule has 0 aliphatic carbocycles. The van der Waals surface area contributed by atoms with E-state index < -0.39 is 0 Å². The van der Waals surface area contributed by atoms with Crippen LogP contribution in [0.2, 0.25) is 0 Å². The van der Waals surface area contributed by atoms with Crippen LogP contribution < -0.4 is 11.1 Å². The van der Waals surface area contributed by atoms with Gasteiger partial charge in [-0.2, -0.15) is 4.98 Å². The van der Waals surface area contributed by atoms with Gasteiger partial charge >= 0.3 is 0 Å². The lowest BCUT2D eigenvalue weighted by Crippen LogP contribution is -2.23. The van der Waals surface area contributed by atoms with Crippen LogP contribution in [-0.2, 0) is 12.8 Å². The van der Waals surface area contributed by atoms with Crippen molar-refractivity contribution in [3.8, 4) is 0 Å². The van der Waals surface area contributed by atoms with Crippen LogP contribution in [0.4, 0.5) is 5.69 Å². The first-order valence-corrected chi connectivity index (χ1v) is 6.62. The maximum atomic E-state index is 5.84. The second-order valence-corrected chi connectivity index (χ2v) is 4.43. The van der Waals surface area contributed by atoms with Gasteiger partial charge in [-0.1, -0.05) is 24.2 Å². The Morgan fingerprint density at radius 1 is 1.45 bits per heavy atom. The monoisotopic (exact) mass is 273 g/mol. The summed E-state index contributed by atoms with van der Waals surface area (Å²) in [6.07, 6.45) is 1.57. The van der Waals surface area contributed by atoms with Gasteiger partial charge in [0, 0.05) is 12.1 Å². The smallest absolute Gasteiger partial charge is 0.228 e. The molecule has 0 aliphatic rings. The van der Waals surface area contributed by atoms with Crippen LogP contribution in [0.3, 0.4) is 0 Å². The van der Waals surface area contributed by atoms with E-state index in [1.165, 1.54) is 5.56 Å². The topological polar surface area (TPSA) is 89.3 Å². The summed E-state index contributed by atoms with van der Waals surface area (Å²) >= 11 is 0. The maximum absolute atomic E-state index is 5.84. The van der Waals surface area contributed by atoms with E-state index in [0.29, 0.717) is 30.6 Å². The Balaban J connectivity index is 1.87. The number of aliphatic imine (C=N–C) groups is 1. The number of hydrogen-bond acceptors (Lipinski definition) is 4. The molecular formula is C14H19N5O. The highest BCUT2D eigenvalue weighted by molar-refractivity contribution is 5.92. The SMILES string of the molecule is CCc1cccc(NC(N)=NCCc2nc(C)no2)c1. The van der Waals surface area contributed by atoms with Crippen LogP contribution >= 0.6 is 0 Å². The van der Waals surface area contributed by atoms with E-state index in [9.17, 15) is 0 Å². The summed E-state index contributed by atoms with van der Waals surface area (Å²) in [5.74, 6) is 1.59. The van der Waals surface area contributed by atoms with Gasteiger partial charge in [-0.3, -0.25) is 4.99 Å². The number of hydrogen-bond donors (Lipinski definition) is 2. The van der Waals surface area contributed by atoms with Crippen molar-refractivity contribution < 1.29 is 4.52 Å². The number of aryl methyl sites for hydroxylation is 2. The molecule has 0 radical (unpaired) electrons. The second-order valence-electron chi connectivity index (χ2n) is 4.43. The average molecular weight is 273 g/mol. The first kappa shape index (κ1) is 14.0. The molecule has 1 aromatic carbocycles. The van der Waals surface area contributed by atoms with E-state index in [4.69, 9.17) is 10.3 Å². The van der Waals surface area contributed by atoms with Crippen molar-refractivity contribution >= 4 is 11.6 Å². The van der Waals surface area contributed by atoms with Gasteiger partial charge in [0.25, 0.3) is 0 Å². The molecule has 0 aliphatic heterocycles. The van der Waals surface area contributed by atoms with Crippen molar-refractivity contribution in [1.82, 2.24) is 10.1 Å². The summed E-state index contributed by atoms with van der Waals surface area (Å²) in [5.41, 5.74) is 8.04. The third-order valence-electron chi connectivity index (χ3n) is 2.79. The Hall–Kier alpha value is -2.37. The van der Waals surface area contributed by atoms with Crippen LogP contribution in [-0.4, -0.2) is 22.6 Å². The molecule has 6 nitrogen and oxygen atoms in total. The number of nitrogens with two attached hydrogens (primary N) is 1. The van der Waals surface area contributed by atoms with Gasteiger partial charge in [-0.25, -0.2) is 0 Å². The summed E-state index contributed by atoms with van der Waals surface area (Å²) in [4.78, 5) is 8.34. The number of rotatable bonds is 5. The van der Waals surface area contributed by atoms with Crippen LogP contribution in [0.5, 0.6) is 0 Å². The largest absolute Gasteiger partial charge is 0.370 e. The molecule has 0 fully saturated rings. The molecule has 0 saturated heterocycles. The van der Waals surface area contributed by atoms with Crippen LogP contribution in [0, 0.1) is 6.92 Å². The average Bonchev–Trinajstić information content (AvgIpc) is 2.84. The number of benzene rings is 1. The molecule has 2 aromatic rings. The van der Waals surface area contributed by atoms with Crippen LogP contribution in [0.15, 0.2) is 33.8 Å². The van der Waals surface area contributed by atoms with Crippen molar-refractivity contribution in [2.45, 2.75) is 26.7 Å². The van der Waals surface area contributed by atoms with Crippen molar-refractivity contribution in [3.63, 3.8) is 0 Å². The van der Waals surface area contributed by atoms with E-state index >= 15 is 0 Å². The zero-order chi connectivity index (χ0) is 14.4. The van der Waals surface area contributed by atoms with Gasteiger partial charge in [0.1, 0.15) is 0 Å². The predicted molar refractivity (Wildman–Crippen MR) is 78.7 cm³/mol. The Morgan fingerprint density at radius 2 is 2.30 bits per heavy atom. The molecule has 0 atom stereocenters. The highest BCUT2D eigenvalue weighted by Crippen LogP contribution is 2.10. The highest BCUT2D eigenvalue weighted by Gasteiger charge is 2.01. The zero-order valence-corrected chi connectivity index (χ0v) is 11.8. The van der Waals surface area contributed by atoms with Crippen molar-refractivity contribution in [2.24, 2.45) is 10.7 Å². The van der Waals surface area contributed by atoms with E-state index in [1.807, 2.05) is 12.1 Å². The number of guanidine groups is 1. The highest BCUT2D eigenvalue weighted by atomic mass is 16.5. The van der Waals surface area contributed by atoms with Gasteiger partial charge in [0.05, 0.1) is 6.54 Å². The van der Waals surface area contributed by atoms with Crippen LogP contribution in [0.25, 0.3) is 0 Å². The molecule has 0 amide bonds.